The van der Waals surface area contributed by atoms with Gasteiger partial charge >= 0.3 is 11.8 Å². The summed E-state index contributed by atoms with van der Waals surface area (Å²) in [4.78, 5) is 35.9. The lowest BCUT2D eigenvalue weighted by molar-refractivity contribution is -0.136. The Morgan fingerprint density at radius 3 is 2.43 bits per heavy atom. The predicted molar refractivity (Wildman–Crippen MR) is 103 cm³/mol. The van der Waals surface area contributed by atoms with Crippen molar-refractivity contribution in [1.82, 2.24) is 5.32 Å². The molecule has 0 aliphatic heterocycles. The highest BCUT2D eigenvalue weighted by Crippen LogP contribution is 2.30. The molecule has 28 heavy (non-hydrogen) atoms. The Hall–Kier alpha value is -3.81. The molecule has 2 aromatic carbocycles. The first-order valence-electron chi connectivity index (χ1n) is 8.53. The van der Waals surface area contributed by atoms with Gasteiger partial charge in [-0.2, -0.15) is 0 Å². The Morgan fingerprint density at radius 2 is 1.75 bits per heavy atom. The van der Waals surface area contributed by atoms with E-state index in [9.17, 15) is 14.4 Å². The molecule has 1 aromatic heterocycles. The number of ether oxygens (including phenoxy) is 1. The van der Waals surface area contributed by atoms with Crippen LogP contribution in [0.1, 0.15) is 16.1 Å². The second-order valence-electron chi connectivity index (χ2n) is 5.97. The van der Waals surface area contributed by atoms with E-state index < -0.39 is 17.7 Å². The third-order valence-electron chi connectivity index (χ3n) is 4.12. The molecule has 0 unspecified atom stereocenters. The van der Waals surface area contributed by atoms with E-state index in [-0.39, 0.29) is 18.0 Å². The number of carbonyl (C=O) groups excluding carboxylic acids is 3. The van der Waals surface area contributed by atoms with Crippen molar-refractivity contribution in [2.24, 2.45) is 5.73 Å². The molecule has 4 N–H and O–H groups in total. The van der Waals surface area contributed by atoms with Gasteiger partial charge in [0, 0.05) is 11.9 Å². The predicted octanol–water partition coefficient (Wildman–Crippen LogP) is 1.84. The summed E-state index contributed by atoms with van der Waals surface area (Å²) in [6.07, 6.45) is 0.546. The third kappa shape index (κ3) is 4.12. The molecule has 0 saturated carbocycles. The molecular weight excluding hydrogens is 362 g/mol. The van der Waals surface area contributed by atoms with Gasteiger partial charge in [-0.1, -0.05) is 24.3 Å². The lowest BCUT2D eigenvalue weighted by Crippen LogP contribution is -2.36. The number of benzene rings is 2. The number of nitrogens with one attached hydrogen (secondary N) is 2. The van der Waals surface area contributed by atoms with Crippen LogP contribution >= 0.6 is 0 Å². The number of carbonyl (C=O) groups is 3. The molecule has 0 saturated heterocycles. The number of anilines is 1. The van der Waals surface area contributed by atoms with Gasteiger partial charge in [-0.3, -0.25) is 14.4 Å². The molecule has 8 heteroatoms. The minimum absolute atomic E-state index is 0.0819. The Bertz CT molecular complexity index is 1020. The molecule has 0 aliphatic carbocycles. The molecule has 0 aliphatic rings. The van der Waals surface area contributed by atoms with Crippen LogP contribution in [0.2, 0.25) is 0 Å². The molecule has 144 valence electrons. The van der Waals surface area contributed by atoms with Crippen molar-refractivity contribution in [3.63, 3.8) is 0 Å². The van der Waals surface area contributed by atoms with E-state index in [2.05, 4.69) is 10.6 Å². The summed E-state index contributed by atoms with van der Waals surface area (Å²) in [6, 6.07) is 14.1. The first-order valence-corrected chi connectivity index (χ1v) is 8.53. The summed E-state index contributed by atoms with van der Waals surface area (Å²) in [6.45, 7) is 0.271. The Kier molecular flexibility index (Phi) is 5.59. The highest BCUT2D eigenvalue weighted by Gasteiger charge is 2.22. The molecule has 0 spiro atoms. The van der Waals surface area contributed by atoms with E-state index in [0.717, 1.165) is 11.3 Å². The molecule has 3 rings (SSSR count). The molecule has 0 radical (unpaired) electrons. The van der Waals surface area contributed by atoms with Crippen molar-refractivity contribution in [1.29, 1.82) is 0 Å². The van der Waals surface area contributed by atoms with Crippen molar-refractivity contribution < 1.29 is 23.5 Å². The van der Waals surface area contributed by atoms with Gasteiger partial charge < -0.3 is 25.5 Å². The highest BCUT2D eigenvalue weighted by molar-refractivity contribution is 6.40. The first kappa shape index (κ1) is 19.0. The van der Waals surface area contributed by atoms with Crippen LogP contribution in [0.5, 0.6) is 5.75 Å². The zero-order valence-electron chi connectivity index (χ0n) is 15.2. The molecule has 3 amide bonds. The van der Waals surface area contributed by atoms with E-state index in [1.807, 2.05) is 24.3 Å². The van der Waals surface area contributed by atoms with Crippen molar-refractivity contribution in [3.8, 4) is 5.75 Å². The second-order valence-corrected chi connectivity index (χ2v) is 5.97. The van der Waals surface area contributed by atoms with E-state index in [0.29, 0.717) is 17.4 Å². The van der Waals surface area contributed by atoms with Gasteiger partial charge in [0.2, 0.25) is 5.76 Å². The van der Waals surface area contributed by atoms with Crippen molar-refractivity contribution in [2.45, 2.75) is 6.42 Å². The van der Waals surface area contributed by atoms with Crippen LogP contribution in [-0.4, -0.2) is 31.4 Å². The Morgan fingerprint density at radius 1 is 1.04 bits per heavy atom. The fourth-order valence-corrected chi connectivity index (χ4v) is 2.71. The maximum atomic E-state index is 12.2. The number of furan rings is 1. The SMILES string of the molecule is COc1ccc(CCNC(=O)C(=O)Nc2c(C(N)=O)oc3ccccc23)cc1. The van der Waals surface area contributed by atoms with Crippen molar-refractivity contribution >= 4 is 34.4 Å². The van der Waals surface area contributed by atoms with Crippen LogP contribution < -0.4 is 21.1 Å². The third-order valence-corrected chi connectivity index (χ3v) is 4.12. The minimum Gasteiger partial charge on any atom is -0.497 e. The number of para-hydroxylation sites is 1. The van der Waals surface area contributed by atoms with Crippen molar-refractivity contribution in [3.05, 3.63) is 59.9 Å². The average Bonchev–Trinajstić information content (AvgIpc) is 3.07. The summed E-state index contributed by atoms with van der Waals surface area (Å²) in [7, 11) is 1.58. The largest absolute Gasteiger partial charge is 0.497 e. The minimum atomic E-state index is -0.913. The van der Waals surface area contributed by atoms with E-state index in [1.165, 1.54) is 0 Å². The topological polar surface area (TPSA) is 124 Å². The number of fused-ring (bicyclic) bond motifs is 1. The van der Waals surface area contributed by atoms with Crippen LogP contribution in [0.25, 0.3) is 11.0 Å². The van der Waals surface area contributed by atoms with E-state index in [1.54, 1.807) is 31.4 Å². The summed E-state index contributed by atoms with van der Waals surface area (Å²) >= 11 is 0. The molecule has 0 fully saturated rings. The number of hydrogen-bond donors (Lipinski definition) is 3. The number of methoxy groups -OCH3 is 1. The maximum absolute atomic E-state index is 12.2. The normalized spacial score (nSPS) is 10.5. The highest BCUT2D eigenvalue weighted by atomic mass is 16.5. The van der Waals surface area contributed by atoms with Crippen LogP contribution in [0, 0.1) is 0 Å². The van der Waals surface area contributed by atoms with E-state index >= 15 is 0 Å². The van der Waals surface area contributed by atoms with Gasteiger partial charge in [-0.15, -0.1) is 0 Å². The van der Waals surface area contributed by atoms with Gasteiger partial charge in [0.05, 0.1) is 7.11 Å². The lowest BCUT2D eigenvalue weighted by atomic mass is 10.1. The molecule has 8 nitrogen and oxygen atoms in total. The van der Waals surface area contributed by atoms with Crippen LogP contribution in [0.15, 0.2) is 52.9 Å². The van der Waals surface area contributed by atoms with Gasteiger partial charge in [0.15, 0.2) is 0 Å². The molecule has 0 atom stereocenters. The summed E-state index contributed by atoms with van der Waals surface area (Å²) in [5, 5.41) is 5.44. The van der Waals surface area contributed by atoms with Gasteiger partial charge in [0.25, 0.3) is 5.91 Å². The summed E-state index contributed by atoms with van der Waals surface area (Å²) in [5.74, 6) is -2.05. The Balaban J connectivity index is 1.62. The number of primary amides is 1. The fraction of sp³-hybridized carbons (Fsp3) is 0.150. The lowest BCUT2D eigenvalue weighted by Gasteiger charge is -2.07. The van der Waals surface area contributed by atoms with Crippen LogP contribution in [-0.2, 0) is 16.0 Å². The van der Waals surface area contributed by atoms with Crippen LogP contribution in [0.3, 0.4) is 0 Å². The molecule has 0 bridgehead atoms. The number of hydrogen-bond acceptors (Lipinski definition) is 5. The fourth-order valence-electron chi connectivity index (χ4n) is 2.71. The summed E-state index contributed by atoms with van der Waals surface area (Å²) in [5.41, 5.74) is 6.75. The number of nitrogens with two attached hydrogens (primary N) is 1. The molecular formula is C20H19N3O5. The zero-order valence-corrected chi connectivity index (χ0v) is 15.2. The second kappa shape index (κ2) is 8.26. The van der Waals surface area contributed by atoms with Gasteiger partial charge in [0.1, 0.15) is 17.0 Å². The number of amides is 3. The van der Waals surface area contributed by atoms with Crippen LogP contribution in [0.4, 0.5) is 5.69 Å². The smallest absolute Gasteiger partial charge is 0.313 e. The van der Waals surface area contributed by atoms with Gasteiger partial charge in [-0.25, -0.2) is 0 Å². The van der Waals surface area contributed by atoms with Crippen molar-refractivity contribution in [2.75, 3.05) is 19.0 Å². The quantitative estimate of drug-likeness (QED) is 0.562. The average molecular weight is 381 g/mol. The van der Waals surface area contributed by atoms with Gasteiger partial charge in [-0.05, 0) is 36.2 Å². The standard InChI is InChI=1S/C20H19N3O5/c1-27-13-8-6-12(7-9-13)10-11-22-19(25)20(26)23-16-14-4-2-3-5-15(14)28-17(16)18(21)24/h2-9H,10-11H2,1H3,(H2,21,24)(H,22,25)(H,23,26). The first-order chi connectivity index (χ1) is 13.5. The maximum Gasteiger partial charge on any atom is 0.313 e. The zero-order chi connectivity index (χ0) is 20.1. The number of rotatable bonds is 6. The van der Waals surface area contributed by atoms with E-state index in [4.69, 9.17) is 14.9 Å². The molecule has 3 aromatic rings. The summed E-state index contributed by atoms with van der Waals surface area (Å²) < 4.78 is 10.5. The monoisotopic (exact) mass is 381 g/mol. The Labute approximate surface area is 160 Å². The molecule has 1 heterocycles.